The molecule has 0 spiro atoms. The van der Waals surface area contributed by atoms with Crippen molar-refractivity contribution < 1.29 is 0 Å². The Balaban J connectivity index is 1.84. The average Bonchev–Trinajstić information content (AvgIpc) is 2.72. The van der Waals surface area contributed by atoms with E-state index in [-0.39, 0.29) is 0 Å². The lowest BCUT2D eigenvalue weighted by Gasteiger charge is -2.27. The third-order valence-corrected chi connectivity index (χ3v) is 3.62. The zero-order valence-corrected chi connectivity index (χ0v) is 9.39. The van der Waals surface area contributed by atoms with E-state index in [1.165, 1.54) is 25.9 Å². The van der Waals surface area contributed by atoms with Crippen molar-refractivity contribution in [2.24, 2.45) is 5.92 Å². The quantitative estimate of drug-likeness (QED) is 0.823. The Bertz CT molecular complexity index is 254. The molecule has 1 aliphatic heterocycles. The van der Waals surface area contributed by atoms with Gasteiger partial charge in [0.1, 0.15) is 0 Å². The number of aromatic nitrogens is 1. The van der Waals surface area contributed by atoms with Crippen LogP contribution in [0.25, 0.3) is 0 Å². The standard InChI is InChI=1S/C10H17N3S/c1-13(10-12-6-7-14-10)8-9-2-4-11-5-3-9/h6-7,9,11H,2-5,8H2,1H3. The summed E-state index contributed by atoms with van der Waals surface area (Å²) in [6.45, 7) is 3.50. The first-order chi connectivity index (χ1) is 6.86. The minimum atomic E-state index is 0.838. The molecule has 3 nitrogen and oxygen atoms in total. The highest BCUT2D eigenvalue weighted by atomic mass is 32.1. The highest BCUT2D eigenvalue weighted by Crippen LogP contribution is 2.19. The van der Waals surface area contributed by atoms with Gasteiger partial charge in [0.05, 0.1) is 0 Å². The molecule has 1 aliphatic rings. The Labute approximate surface area is 89.1 Å². The highest BCUT2D eigenvalue weighted by Gasteiger charge is 2.15. The summed E-state index contributed by atoms with van der Waals surface area (Å²) in [5.74, 6) is 0.838. The highest BCUT2D eigenvalue weighted by molar-refractivity contribution is 7.13. The zero-order valence-electron chi connectivity index (χ0n) is 8.57. The molecule has 78 valence electrons. The molecule has 0 atom stereocenters. The predicted molar refractivity (Wildman–Crippen MR) is 61.0 cm³/mol. The number of rotatable bonds is 3. The molecule has 2 heterocycles. The first-order valence-electron chi connectivity index (χ1n) is 5.17. The van der Waals surface area contributed by atoms with Gasteiger partial charge in [-0.1, -0.05) is 0 Å². The van der Waals surface area contributed by atoms with E-state index in [0.29, 0.717) is 0 Å². The summed E-state index contributed by atoms with van der Waals surface area (Å²) in [5, 5.41) is 6.57. The third kappa shape index (κ3) is 2.45. The topological polar surface area (TPSA) is 28.2 Å². The summed E-state index contributed by atoms with van der Waals surface area (Å²) in [6.07, 6.45) is 4.48. The average molecular weight is 211 g/mol. The second-order valence-corrected chi connectivity index (χ2v) is 4.76. The van der Waals surface area contributed by atoms with Crippen molar-refractivity contribution in [1.82, 2.24) is 10.3 Å². The van der Waals surface area contributed by atoms with Crippen LogP contribution in [0.1, 0.15) is 12.8 Å². The molecular formula is C10H17N3S. The second kappa shape index (κ2) is 4.75. The number of hydrogen-bond acceptors (Lipinski definition) is 4. The Hall–Kier alpha value is -0.610. The molecule has 0 saturated carbocycles. The molecule has 0 amide bonds. The normalized spacial score (nSPS) is 18.4. The number of piperidine rings is 1. The van der Waals surface area contributed by atoms with Crippen LogP contribution in [-0.2, 0) is 0 Å². The van der Waals surface area contributed by atoms with Crippen molar-refractivity contribution >= 4 is 16.5 Å². The molecule has 2 rings (SSSR count). The Morgan fingerprint density at radius 2 is 2.36 bits per heavy atom. The third-order valence-electron chi connectivity index (χ3n) is 2.74. The van der Waals surface area contributed by atoms with Crippen molar-refractivity contribution in [2.75, 3.05) is 31.6 Å². The molecule has 1 fully saturated rings. The van der Waals surface area contributed by atoms with Crippen LogP contribution in [0.4, 0.5) is 5.13 Å². The molecule has 4 heteroatoms. The van der Waals surface area contributed by atoms with Gasteiger partial charge in [0.2, 0.25) is 0 Å². The van der Waals surface area contributed by atoms with Crippen LogP contribution in [-0.4, -0.2) is 31.7 Å². The number of nitrogens with zero attached hydrogens (tertiary/aromatic N) is 2. The van der Waals surface area contributed by atoms with Crippen LogP contribution in [0, 0.1) is 5.92 Å². The largest absolute Gasteiger partial charge is 0.351 e. The predicted octanol–water partition coefficient (Wildman–Crippen LogP) is 1.58. The molecule has 1 aromatic rings. The van der Waals surface area contributed by atoms with Gasteiger partial charge in [-0.15, -0.1) is 11.3 Å². The maximum atomic E-state index is 4.31. The van der Waals surface area contributed by atoms with Crippen LogP contribution in [0.15, 0.2) is 11.6 Å². The molecule has 0 aliphatic carbocycles. The minimum absolute atomic E-state index is 0.838. The van der Waals surface area contributed by atoms with Crippen LogP contribution < -0.4 is 10.2 Å². The summed E-state index contributed by atoms with van der Waals surface area (Å²) in [6, 6.07) is 0. The lowest BCUT2D eigenvalue weighted by molar-refractivity contribution is 0.378. The summed E-state index contributed by atoms with van der Waals surface area (Å²) < 4.78 is 0. The first-order valence-corrected chi connectivity index (χ1v) is 6.05. The van der Waals surface area contributed by atoms with E-state index in [4.69, 9.17) is 0 Å². The molecule has 1 N–H and O–H groups in total. The summed E-state index contributed by atoms with van der Waals surface area (Å²) >= 11 is 1.72. The van der Waals surface area contributed by atoms with Gasteiger partial charge in [-0.25, -0.2) is 4.98 Å². The van der Waals surface area contributed by atoms with Gasteiger partial charge in [0, 0.05) is 25.2 Å². The maximum Gasteiger partial charge on any atom is 0.184 e. The van der Waals surface area contributed by atoms with E-state index in [9.17, 15) is 0 Å². The SMILES string of the molecule is CN(CC1CCNCC1)c1nccs1. The molecule has 0 radical (unpaired) electrons. The van der Waals surface area contributed by atoms with Gasteiger partial charge in [-0.3, -0.25) is 0 Å². The number of hydrogen-bond donors (Lipinski definition) is 1. The van der Waals surface area contributed by atoms with Crippen molar-refractivity contribution in [3.05, 3.63) is 11.6 Å². The first kappa shape index (κ1) is 9.93. The van der Waals surface area contributed by atoms with E-state index >= 15 is 0 Å². The van der Waals surface area contributed by atoms with Gasteiger partial charge >= 0.3 is 0 Å². The number of nitrogens with one attached hydrogen (secondary N) is 1. The Kier molecular flexibility index (Phi) is 3.37. The van der Waals surface area contributed by atoms with Gasteiger partial charge in [-0.2, -0.15) is 0 Å². The minimum Gasteiger partial charge on any atom is -0.351 e. The van der Waals surface area contributed by atoms with E-state index in [1.807, 2.05) is 11.6 Å². The second-order valence-electron chi connectivity index (χ2n) is 3.89. The number of anilines is 1. The summed E-state index contributed by atoms with van der Waals surface area (Å²) in [5.41, 5.74) is 0. The lowest BCUT2D eigenvalue weighted by Crippen LogP contribution is -2.34. The Morgan fingerprint density at radius 3 is 3.00 bits per heavy atom. The van der Waals surface area contributed by atoms with Gasteiger partial charge in [0.15, 0.2) is 5.13 Å². The van der Waals surface area contributed by atoms with Crippen LogP contribution in [0.5, 0.6) is 0 Å². The van der Waals surface area contributed by atoms with Crippen molar-refractivity contribution in [2.45, 2.75) is 12.8 Å². The van der Waals surface area contributed by atoms with Gasteiger partial charge in [0.25, 0.3) is 0 Å². The summed E-state index contributed by atoms with van der Waals surface area (Å²) in [4.78, 5) is 6.59. The Morgan fingerprint density at radius 1 is 1.57 bits per heavy atom. The molecule has 14 heavy (non-hydrogen) atoms. The fourth-order valence-electron chi connectivity index (χ4n) is 1.93. The smallest absolute Gasteiger partial charge is 0.184 e. The van der Waals surface area contributed by atoms with E-state index in [2.05, 4.69) is 22.2 Å². The molecular weight excluding hydrogens is 194 g/mol. The van der Waals surface area contributed by atoms with E-state index in [0.717, 1.165) is 17.6 Å². The van der Waals surface area contributed by atoms with Gasteiger partial charge in [-0.05, 0) is 31.8 Å². The summed E-state index contributed by atoms with van der Waals surface area (Å²) in [7, 11) is 2.14. The van der Waals surface area contributed by atoms with Gasteiger partial charge < -0.3 is 10.2 Å². The monoisotopic (exact) mass is 211 g/mol. The fourth-order valence-corrected chi connectivity index (χ4v) is 2.55. The molecule has 0 aromatic carbocycles. The molecule has 0 bridgehead atoms. The molecule has 1 aromatic heterocycles. The van der Waals surface area contributed by atoms with Crippen LogP contribution in [0.3, 0.4) is 0 Å². The number of thiazole rings is 1. The van der Waals surface area contributed by atoms with Crippen molar-refractivity contribution in [3.63, 3.8) is 0 Å². The van der Waals surface area contributed by atoms with Crippen LogP contribution in [0.2, 0.25) is 0 Å². The molecule has 1 saturated heterocycles. The zero-order chi connectivity index (χ0) is 9.80. The van der Waals surface area contributed by atoms with E-state index < -0.39 is 0 Å². The molecule has 0 unspecified atom stereocenters. The fraction of sp³-hybridized carbons (Fsp3) is 0.700. The maximum absolute atomic E-state index is 4.31. The van der Waals surface area contributed by atoms with Crippen molar-refractivity contribution in [3.8, 4) is 0 Å². The van der Waals surface area contributed by atoms with Crippen molar-refractivity contribution in [1.29, 1.82) is 0 Å². The van der Waals surface area contributed by atoms with Crippen LogP contribution >= 0.6 is 11.3 Å². The lowest BCUT2D eigenvalue weighted by atomic mass is 9.98. The van der Waals surface area contributed by atoms with E-state index in [1.54, 1.807) is 11.3 Å².